The van der Waals surface area contributed by atoms with Crippen LogP contribution in [0.5, 0.6) is 0 Å². The van der Waals surface area contributed by atoms with E-state index in [1.807, 2.05) is 24.3 Å². The van der Waals surface area contributed by atoms with Gasteiger partial charge in [0.2, 0.25) is 5.91 Å². The predicted octanol–water partition coefficient (Wildman–Crippen LogP) is 2.75. The number of nitrogens with one attached hydrogen (secondary N) is 2. The molecule has 0 aliphatic heterocycles. The fraction of sp³-hybridized carbons (Fsp3) is 0.429. The van der Waals surface area contributed by atoms with Gasteiger partial charge in [-0.1, -0.05) is 6.07 Å². The first kappa shape index (κ1) is 12.4. The fourth-order valence-corrected chi connectivity index (χ4v) is 1.96. The summed E-state index contributed by atoms with van der Waals surface area (Å²) in [7, 11) is 0. The van der Waals surface area contributed by atoms with Crippen molar-refractivity contribution in [2.45, 2.75) is 26.2 Å². The molecule has 1 aliphatic carbocycles. The Balaban J connectivity index is 1.93. The van der Waals surface area contributed by atoms with E-state index in [9.17, 15) is 4.79 Å². The number of benzene rings is 1. The van der Waals surface area contributed by atoms with Crippen LogP contribution in [0.3, 0.4) is 0 Å². The Hall–Kier alpha value is -2.02. The average Bonchev–Trinajstić information content (AvgIpc) is 3.07. The van der Waals surface area contributed by atoms with Gasteiger partial charge in [-0.05, 0) is 31.0 Å². The van der Waals surface area contributed by atoms with Crippen LogP contribution in [-0.4, -0.2) is 12.5 Å². The van der Waals surface area contributed by atoms with Gasteiger partial charge in [0.25, 0.3) is 0 Å². The third kappa shape index (κ3) is 3.24. The van der Waals surface area contributed by atoms with Crippen LogP contribution in [-0.2, 0) is 4.79 Å². The normalized spacial score (nSPS) is 15.6. The van der Waals surface area contributed by atoms with Crippen molar-refractivity contribution in [2.75, 3.05) is 17.2 Å². The summed E-state index contributed by atoms with van der Waals surface area (Å²) < 4.78 is 0. The molecule has 1 amide bonds. The van der Waals surface area contributed by atoms with Gasteiger partial charge in [0.1, 0.15) is 0 Å². The second-order valence-electron chi connectivity index (χ2n) is 4.95. The number of nitriles is 1. The predicted molar refractivity (Wildman–Crippen MR) is 71.1 cm³/mol. The molecule has 0 spiro atoms. The highest BCUT2D eigenvalue weighted by Gasteiger charge is 2.42. The SMILES string of the molecule is CC(=O)Nc1cccc(NCC2(CC#N)CC2)c1. The highest BCUT2D eigenvalue weighted by atomic mass is 16.1. The van der Waals surface area contributed by atoms with E-state index in [-0.39, 0.29) is 11.3 Å². The average molecular weight is 243 g/mol. The molecule has 94 valence electrons. The Morgan fingerprint density at radius 3 is 2.78 bits per heavy atom. The standard InChI is InChI=1S/C14H17N3O/c1-11(18)17-13-4-2-3-12(9-13)16-10-14(5-6-14)7-8-15/h2-4,9,16H,5-7,10H2,1H3,(H,17,18). The van der Waals surface area contributed by atoms with Crippen LogP contribution in [0.1, 0.15) is 26.2 Å². The maximum Gasteiger partial charge on any atom is 0.221 e. The maximum atomic E-state index is 11.0. The van der Waals surface area contributed by atoms with Crippen molar-refractivity contribution in [1.82, 2.24) is 0 Å². The van der Waals surface area contributed by atoms with Crippen LogP contribution in [0.15, 0.2) is 24.3 Å². The molecule has 1 saturated carbocycles. The minimum atomic E-state index is -0.0738. The van der Waals surface area contributed by atoms with Gasteiger partial charge in [0.15, 0.2) is 0 Å². The van der Waals surface area contributed by atoms with Gasteiger partial charge in [-0.2, -0.15) is 5.26 Å². The number of amides is 1. The van der Waals surface area contributed by atoms with Crippen molar-refractivity contribution >= 4 is 17.3 Å². The third-order valence-corrected chi connectivity index (χ3v) is 3.26. The molecule has 0 unspecified atom stereocenters. The zero-order chi connectivity index (χ0) is 13.0. The smallest absolute Gasteiger partial charge is 0.221 e. The summed E-state index contributed by atoms with van der Waals surface area (Å²) in [4.78, 5) is 11.0. The molecule has 1 aliphatic rings. The van der Waals surface area contributed by atoms with E-state index in [1.165, 1.54) is 6.92 Å². The van der Waals surface area contributed by atoms with Crippen LogP contribution in [0.4, 0.5) is 11.4 Å². The summed E-state index contributed by atoms with van der Waals surface area (Å²) in [6.07, 6.45) is 2.86. The lowest BCUT2D eigenvalue weighted by Crippen LogP contribution is -2.15. The Morgan fingerprint density at radius 2 is 2.17 bits per heavy atom. The molecule has 0 radical (unpaired) electrons. The summed E-state index contributed by atoms with van der Waals surface area (Å²) >= 11 is 0. The molecule has 0 bridgehead atoms. The van der Waals surface area contributed by atoms with Gasteiger partial charge < -0.3 is 10.6 Å². The molecule has 0 saturated heterocycles. The molecule has 1 fully saturated rings. The van der Waals surface area contributed by atoms with E-state index in [4.69, 9.17) is 5.26 Å². The van der Waals surface area contributed by atoms with Crippen molar-refractivity contribution < 1.29 is 4.79 Å². The Bertz CT molecular complexity index is 486. The number of nitrogens with zero attached hydrogens (tertiary/aromatic N) is 1. The Kier molecular flexibility index (Phi) is 3.52. The number of anilines is 2. The topological polar surface area (TPSA) is 64.9 Å². The number of hydrogen-bond donors (Lipinski definition) is 2. The highest BCUT2D eigenvalue weighted by molar-refractivity contribution is 5.89. The zero-order valence-corrected chi connectivity index (χ0v) is 10.5. The van der Waals surface area contributed by atoms with Gasteiger partial charge in [-0.15, -0.1) is 0 Å². The highest BCUT2D eigenvalue weighted by Crippen LogP contribution is 2.48. The minimum Gasteiger partial charge on any atom is -0.384 e. The summed E-state index contributed by atoms with van der Waals surface area (Å²) in [6, 6.07) is 9.88. The molecular formula is C14H17N3O. The summed E-state index contributed by atoms with van der Waals surface area (Å²) in [5, 5.41) is 14.9. The number of rotatable bonds is 5. The second kappa shape index (κ2) is 5.09. The van der Waals surface area contributed by atoms with E-state index >= 15 is 0 Å². The van der Waals surface area contributed by atoms with Crippen molar-refractivity contribution in [2.24, 2.45) is 5.41 Å². The molecule has 2 rings (SSSR count). The molecule has 4 nitrogen and oxygen atoms in total. The largest absolute Gasteiger partial charge is 0.384 e. The maximum absolute atomic E-state index is 11.0. The molecule has 1 aromatic carbocycles. The first-order valence-electron chi connectivity index (χ1n) is 6.12. The first-order valence-corrected chi connectivity index (χ1v) is 6.12. The van der Waals surface area contributed by atoms with Gasteiger partial charge in [0.05, 0.1) is 6.07 Å². The summed E-state index contributed by atoms with van der Waals surface area (Å²) in [5.74, 6) is -0.0738. The second-order valence-corrected chi connectivity index (χ2v) is 4.95. The van der Waals surface area contributed by atoms with E-state index in [0.29, 0.717) is 6.42 Å². The lowest BCUT2D eigenvalue weighted by atomic mass is 10.0. The Morgan fingerprint density at radius 1 is 1.44 bits per heavy atom. The molecule has 0 heterocycles. The van der Waals surface area contributed by atoms with Crippen LogP contribution < -0.4 is 10.6 Å². The van der Waals surface area contributed by atoms with Crippen LogP contribution in [0.2, 0.25) is 0 Å². The monoisotopic (exact) mass is 243 g/mol. The molecular weight excluding hydrogens is 226 g/mol. The van der Waals surface area contributed by atoms with Crippen molar-refractivity contribution in [1.29, 1.82) is 5.26 Å². The van der Waals surface area contributed by atoms with Crippen LogP contribution in [0, 0.1) is 16.7 Å². The van der Waals surface area contributed by atoms with Gasteiger partial charge in [-0.25, -0.2) is 0 Å². The number of carbonyl (C=O) groups is 1. The number of hydrogen-bond acceptors (Lipinski definition) is 3. The van der Waals surface area contributed by atoms with Crippen LogP contribution >= 0.6 is 0 Å². The molecule has 18 heavy (non-hydrogen) atoms. The minimum absolute atomic E-state index is 0.0738. The lowest BCUT2D eigenvalue weighted by molar-refractivity contribution is -0.114. The van der Waals surface area contributed by atoms with E-state index in [1.54, 1.807) is 0 Å². The summed E-state index contributed by atoms with van der Waals surface area (Å²) in [5.41, 5.74) is 1.95. The van der Waals surface area contributed by atoms with E-state index in [2.05, 4.69) is 16.7 Å². The molecule has 1 aromatic rings. The first-order chi connectivity index (χ1) is 8.63. The quantitative estimate of drug-likeness (QED) is 0.835. The van der Waals surface area contributed by atoms with E-state index < -0.39 is 0 Å². The van der Waals surface area contributed by atoms with E-state index in [0.717, 1.165) is 30.8 Å². The number of carbonyl (C=O) groups excluding carboxylic acids is 1. The molecule has 2 N–H and O–H groups in total. The Labute approximate surface area is 107 Å². The van der Waals surface area contributed by atoms with Crippen molar-refractivity contribution in [3.63, 3.8) is 0 Å². The molecule has 0 atom stereocenters. The molecule has 4 heteroatoms. The van der Waals surface area contributed by atoms with Gasteiger partial charge >= 0.3 is 0 Å². The summed E-state index contributed by atoms with van der Waals surface area (Å²) in [6.45, 7) is 2.32. The van der Waals surface area contributed by atoms with Crippen molar-refractivity contribution in [3.8, 4) is 6.07 Å². The third-order valence-electron chi connectivity index (χ3n) is 3.26. The lowest BCUT2D eigenvalue weighted by Gasteiger charge is -2.14. The zero-order valence-electron chi connectivity index (χ0n) is 10.5. The van der Waals surface area contributed by atoms with Crippen LogP contribution in [0.25, 0.3) is 0 Å². The van der Waals surface area contributed by atoms with Gasteiger partial charge in [0, 0.05) is 36.7 Å². The molecule has 0 aromatic heterocycles. The fourth-order valence-electron chi connectivity index (χ4n) is 1.96. The van der Waals surface area contributed by atoms with Crippen molar-refractivity contribution in [3.05, 3.63) is 24.3 Å². The van der Waals surface area contributed by atoms with Gasteiger partial charge in [-0.3, -0.25) is 4.79 Å².